The fourth-order valence-electron chi connectivity index (χ4n) is 3.28. The van der Waals surface area contributed by atoms with Gasteiger partial charge in [0.1, 0.15) is 0 Å². The summed E-state index contributed by atoms with van der Waals surface area (Å²) < 4.78 is 34.2. The molecule has 0 aromatic carbocycles. The summed E-state index contributed by atoms with van der Waals surface area (Å²) in [6.45, 7) is 9.91. The van der Waals surface area contributed by atoms with Crippen LogP contribution in [-0.4, -0.2) is 67.5 Å². The third kappa shape index (κ3) is 6.25. The highest BCUT2D eigenvalue weighted by molar-refractivity contribution is 7.87. The molecule has 0 saturated carbocycles. The Labute approximate surface area is 174 Å². The molecule has 1 N–H and O–H groups in total. The summed E-state index contributed by atoms with van der Waals surface area (Å²) in [5.41, 5.74) is 2.39. The molecule has 0 spiro atoms. The summed E-state index contributed by atoms with van der Waals surface area (Å²) in [6.07, 6.45) is 1.03. The van der Waals surface area contributed by atoms with Gasteiger partial charge in [-0.25, -0.2) is 4.79 Å². The van der Waals surface area contributed by atoms with Gasteiger partial charge in [0.15, 0.2) is 0 Å². The summed E-state index contributed by atoms with van der Waals surface area (Å²) in [5.74, 6) is 0. The van der Waals surface area contributed by atoms with Crippen LogP contribution in [0.3, 0.4) is 0 Å². The standard InChI is InChI=1S/C20H32N4O4S/c1-14(2)17-10-7-9-16(21-17)13-19-18(22-29(26,27)23(5)6)11-8-12-24(19)20(25)28-15(3)4/h7,9-10,15,18-19,22H,1,8,11-13H2,2-6H3/t18-,19-/m1/s1. The van der Waals surface area contributed by atoms with Crippen molar-refractivity contribution in [2.75, 3.05) is 20.6 Å². The quantitative estimate of drug-likeness (QED) is 0.726. The molecule has 1 aliphatic rings. The van der Waals surface area contributed by atoms with Crippen LogP contribution in [0.5, 0.6) is 0 Å². The van der Waals surface area contributed by atoms with Crippen molar-refractivity contribution in [3.8, 4) is 0 Å². The zero-order chi connectivity index (χ0) is 21.8. The van der Waals surface area contributed by atoms with Crippen LogP contribution in [0.15, 0.2) is 24.8 Å². The van der Waals surface area contributed by atoms with Crippen molar-refractivity contribution in [1.82, 2.24) is 18.9 Å². The third-order valence-electron chi connectivity index (χ3n) is 4.79. The number of ether oxygens (including phenoxy) is 1. The molecular weight excluding hydrogens is 392 g/mol. The van der Waals surface area contributed by atoms with E-state index in [2.05, 4.69) is 16.3 Å². The molecule has 1 aromatic heterocycles. The van der Waals surface area contributed by atoms with E-state index in [0.29, 0.717) is 25.8 Å². The molecule has 2 atom stereocenters. The lowest BCUT2D eigenvalue weighted by atomic mass is 9.93. The Balaban J connectivity index is 2.35. The molecular formula is C20H32N4O4S. The Morgan fingerprint density at radius 3 is 2.69 bits per heavy atom. The van der Waals surface area contributed by atoms with Crippen molar-refractivity contribution >= 4 is 21.9 Å². The maximum atomic E-state index is 12.7. The number of hydrogen-bond donors (Lipinski definition) is 1. The molecule has 0 unspecified atom stereocenters. The molecule has 2 rings (SSSR count). The number of carbonyl (C=O) groups excluding carboxylic acids is 1. The van der Waals surface area contributed by atoms with Gasteiger partial charge in [-0.2, -0.15) is 17.4 Å². The number of carbonyl (C=O) groups is 1. The predicted molar refractivity (Wildman–Crippen MR) is 114 cm³/mol. The van der Waals surface area contributed by atoms with E-state index >= 15 is 0 Å². The Bertz CT molecular complexity index is 839. The Hall–Kier alpha value is -1.97. The highest BCUT2D eigenvalue weighted by Crippen LogP contribution is 2.24. The zero-order valence-corrected chi connectivity index (χ0v) is 18.7. The van der Waals surface area contributed by atoms with Gasteiger partial charge in [-0.15, -0.1) is 0 Å². The van der Waals surface area contributed by atoms with Gasteiger partial charge in [0.2, 0.25) is 0 Å². The molecule has 0 bridgehead atoms. The molecule has 8 nitrogen and oxygen atoms in total. The number of hydrogen-bond acceptors (Lipinski definition) is 5. The monoisotopic (exact) mass is 424 g/mol. The maximum Gasteiger partial charge on any atom is 0.410 e. The second-order valence-corrected chi connectivity index (χ2v) is 9.76. The topological polar surface area (TPSA) is 91.8 Å². The maximum absolute atomic E-state index is 12.7. The molecule has 2 heterocycles. The summed E-state index contributed by atoms with van der Waals surface area (Å²) >= 11 is 0. The van der Waals surface area contributed by atoms with Crippen molar-refractivity contribution in [2.24, 2.45) is 0 Å². The van der Waals surface area contributed by atoms with Crippen LogP contribution in [0.4, 0.5) is 4.79 Å². The number of aromatic nitrogens is 1. The number of nitrogens with one attached hydrogen (secondary N) is 1. The highest BCUT2D eigenvalue weighted by Gasteiger charge is 2.38. The molecule has 1 saturated heterocycles. The van der Waals surface area contributed by atoms with E-state index in [4.69, 9.17) is 4.74 Å². The molecule has 0 radical (unpaired) electrons. The van der Waals surface area contributed by atoms with E-state index < -0.39 is 28.4 Å². The second kappa shape index (κ2) is 9.69. The minimum Gasteiger partial charge on any atom is -0.447 e. The number of piperidine rings is 1. The Morgan fingerprint density at radius 1 is 1.41 bits per heavy atom. The predicted octanol–water partition coefficient (Wildman–Crippen LogP) is 2.43. The molecule has 9 heteroatoms. The first-order valence-corrected chi connectivity index (χ1v) is 11.2. The van der Waals surface area contributed by atoms with Crippen molar-refractivity contribution in [1.29, 1.82) is 0 Å². The molecule has 1 aliphatic heterocycles. The summed E-state index contributed by atoms with van der Waals surface area (Å²) in [5, 5.41) is 0. The van der Waals surface area contributed by atoms with Gasteiger partial charge in [-0.3, -0.25) is 4.98 Å². The van der Waals surface area contributed by atoms with Crippen molar-refractivity contribution < 1.29 is 17.9 Å². The first-order chi connectivity index (χ1) is 13.5. The van der Waals surface area contributed by atoms with Crippen molar-refractivity contribution in [2.45, 2.75) is 58.2 Å². The van der Waals surface area contributed by atoms with Crippen LogP contribution >= 0.6 is 0 Å². The van der Waals surface area contributed by atoms with Gasteiger partial charge < -0.3 is 9.64 Å². The Kier molecular flexibility index (Phi) is 7.79. The number of nitrogens with zero attached hydrogens (tertiary/aromatic N) is 3. The fraction of sp³-hybridized carbons (Fsp3) is 0.600. The van der Waals surface area contributed by atoms with Crippen molar-refractivity contribution in [3.63, 3.8) is 0 Å². The van der Waals surface area contributed by atoms with E-state index in [1.165, 1.54) is 14.1 Å². The summed E-state index contributed by atoms with van der Waals surface area (Å²) in [4.78, 5) is 19.0. The van der Waals surface area contributed by atoms with Gasteiger partial charge in [-0.1, -0.05) is 12.6 Å². The fourth-order valence-corrected chi connectivity index (χ4v) is 4.15. The number of pyridine rings is 1. The van der Waals surface area contributed by atoms with Gasteiger partial charge >= 0.3 is 6.09 Å². The van der Waals surface area contributed by atoms with E-state index in [1.54, 1.807) is 18.7 Å². The van der Waals surface area contributed by atoms with Gasteiger partial charge in [0.05, 0.1) is 17.8 Å². The molecule has 162 valence electrons. The number of allylic oxidation sites excluding steroid dienone is 1. The molecule has 29 heavy (non-hydrogen) atoms. The largest absolute Gasteiger partial charge is 0.447 e. The van der Waals surface area contributed by atoms with Gasteiger partial charge in [-0.05, 0) is 51.3 Å². The number of amides is 1. The summed E-state index contributed by atoms with van der Waals surface area (Å²) in [7, 11) is -0.697. The van der Waals surface area contributed by atoms with Crippen LogP contribution in [0.2, 0.25) is 0 Å². The second-order valence-electron chi connectivity index (χ2n) is 7.85. The minimum absolute atomic E-state index is 0.258. The van der Waals surface area contributed by atoms with Crippen LogP contribution in [0.1, 0.15) is 45.0 Å². The lowest BCUT2D eigenvalue weighted by Crippen LogP contribution is -2.59. The average Bonchev–Trinajstić information content (AvgIpc) is 2.62. The lowest BCUT2D eigenvalue weighted by molar-refractivity contribution is 0.0457. The van der Waals surface area contributed by atoms with Crippen molar-refractivity contribution in [3.05, 3.63) is 36.2 Å². The van der Waals surface area contributed by atoms with Crippen LogP contribution in [0, 0.1) is 0 Å². The first-order valence-electron chi connectivity index (χ1n) is 9.80. The van der Waals surface area contributed by atoms with Crippen LogP contribution in [-0.2, 0) is 21.4 Å². The Morgan fingerprint density at radius 2 is 2.10 bits per heavy atom. The van der Waals surface area contributed by atoms with Gasteiger partial charge in [0.25, 0.3) is 10.2 Å². The SMILES string of the molecule is C=C(C)c1cccc(C[C@@H]2[C@H](NS(=O)(=O)N(C)C)CCCN2C(=O)OC(C)C)n1. The summed E-state index contributed by atoms with van der Waals surface area (Å²) in [6, 6.07) is 4.81. The lowest BCUT2D eigenvalue weighted by Gasteiger charge is -2.41. The number of likely N-dealkylation sites (tertiary alicyclic amines) is 1. The number of rotatable bonds is 7. The smallest absolute Gasteiger partial charge is 0.410 e. The average molecular weight is 425 g/mol. The normalized spacial score (nSPS) is 20.2. The van der Waals surface area contributed by atoms with E-state index in [9.17, 15) is 13.2 Å². The zero-order valence-electron chi connectivity index (χ0n) is 17.9. The van der Waals surface area contributed by atoms with E-state index in [0.717, 1.165) is 21.3 Å². The third-order valence-corrected chi connectivity index (χ3v) is 6.36. The van der Waals surface area contributed by atoms with Crippen LogP contribution in [0.25, 0.3) is 5.57 Å². The van der Waals surface area contributed by atoms with E-state index in [-0.39, 0.29) is 6.10 Å². The first kappa shape index (κ1) is 23.3. The molecule has 1 aromatic rings. The van der Waals surface area contributed by atoms with Gasteiger partial charge in [0, 0.05) is 38.8 Å². The highest BCUT2D eigenvalue weighted by atomic mass is 32.2. The van der Waals surface area contributed by atoms with E-state index in [1.807, 2.05) is 25.1 Å². The molecule has 0 aliphatic carbocycles. The molecule has 1 amide bonds. The minimum atomic E-state index is -3.65. The molecule has 1 fully saturated rings. The van der Waals surface area contributed by atoms with Crippen LogP contribution < -0.4 is 4.72 Å².